The predicted molar refractivity (Wildman–Crippen MR) is 225 cm³/mol. The van der Waals surface area contributed by atoms with Crippen molar-refractivity contribution in [3.63, 3.8) is 0 Å². The maximum Gasteiger partial charge on any atom is 0.314 e. The zero-order valence-corrected chi connectivity index (χ0v) is 39.4. The lowest BCUT2D eigenvalue weighted by Crippen LogP contribution is -3.00. The maximum atomic E-state index is 13.1. The van der Waals surface area contributed by atoms with E-state index in [2.05, 4.69) is 42.6 Å². The molecule has 2 heterocycles. The second-order valence-electron chi connectivity index (χ2n) is 15.1. The van der Waals surface area contributed by atoms with Crippen molar-refractivity contribution in [2.75, 3.05) is 26.7 Å². The highest BCUT2D eigenvalue weighted by Crippen LogP contribution is 2.34. The summed E-state index contributed by atoms with van der Waals surface area (Å²) in [5.41, 5.74) is 2.46. The van der Waals surface area contributed by atoms with Crippen molar-refractivity contribution in [1.29, 1.82) is 0 Å². The molecule has 0 saturated heterocycles. The molecule has 0 fully saturated rings. The standard InChI is InChI=1S/C29H42N3O5S.C15H19ClO4.HI/c1-6-8-9-12-18-35-28-27(30-38-31-28)23-15-13-17-32(5,20-23)29(21(3)4)37-26(34)19-22-14-10-11-16-24(22)36-25(33)7-2;1-4-13(17)19-12-8-6-5-7-11(12)9-14(18)20-15(16)10(2)3;/h10-11,14-16,21,29H,6-9,12-13,17-20H2,1-5H3;5-8,10,15H,4,9H2,1-3H3;1H/q+1;;/p-1. The zero-order valence-electron chi connectivity index (χ0n) is 35.7. The number of likely N-dealkylation sites (N-methyl/N-ethyl adjacent to an activating group) is 1. The van der Waals surface area contributed by atoms with Crippen LogP contribution in [0, 0.1) is 11.8 Å². The van der Waals surface area contributed by atoms with Gasteiger partial charge in [0.15, 0.2) is 5.56 Å². The Morgan fingerprint density at radius 1 is 0.763 bits per heavy atom. The van der Waals surface area contributed by atoms with Crippen molar-refractivity contribution in [1.82, 2.24) is 8.75 Å². The Labute approximate surface area is 376 Å². The van der Waals surface area contributed by atoms with E-state index in [9.17, 15) is 19.2 Å². The number of hydrogen-bond donors (Lipinski definition) is 0. The van der Waals surface area contributed by atoms with Crippen LogP contribution in [0.25, 0.3) is 5.57 Å². The van der Waals surface area contributed by atoms with Gasteiger partial charge in [-0.1, -0.05) is 122 Å². The predicted octanol–water partition coefficient (Wildman–Crippen LogP) is 6.13. The molecule has 0 amide bonds. The summed E-state index contributed by atoms with van der Waals surface area (Å²) in [5, 5.41) is 0. The number of halogens is 2. The van der Waals surface area contributed by atoms with Gasteiger partial charge in [-0.25, -0.2) is 0 Å². The summed E-state index contributed by atoms with van der Waals surface area (Å²) in [7, 11) is 2.13. The number of alkyl halides is 1. The van der Waals surface area contributed by atoms with E-state index in [-0.39, 0.29) is 85.6 Å². The van der Waals surface area contributed by atoms with Gasteiger partial charge in [-0.05, 0) is 18.6 Å². The summed E-state index contributed by atoms with van der Waals surface area (Å²) < 4.78 is 37.3. The Morgan fingerprint density at radius 2 is 1.32 bits per heavy atom. The zero-order chi connectivity index (χ0) is 42.7. The van der Waals surface area contributed by atoms with Crippen LogP contribution in [0.1, 0.15) is 110 Å². The van der Waals surface area contributed by atoms with Crippen molar-refractivity contribution >= 4 is 52.8 Å². The number of rotatable bonds is 20. The van der Waals surface area contributed by atoms with Gasteiger partial charge in [0.25, 0.3) is 5.88 Å². The van der Waals surface area contributed by atoms with Crippen molar-refractivity contribution in [2.24, 2.45) is 11.8 Å². The second-order valence-corrected chi connectivity index (χ2v) is 16.1. The molecule has 0 bridgehead atoms. The molecule has 12 nitrogen and oxygen atoms in total. The van der Waals surface area contributed by atoms with E-state index in [4.69, 9.17) is 35.3 Å². The first-order valence-electron chi connectivity index (χ1n) is 20.3. The van der Waals surface area contributed by atoms with E-state index < -0.39 is 11.5 Å². The fourth-order valence-electron chi connectivity index (χ4n) is 6.29. The molecule has 1 aliphatic rings. The highest BCUT2D eigenvalue weighted by Gasteiger charge is 2.41. The number of para-hydroxylation sites is 2. The lowest BCUT2D eigenvalue weighted by molar-refractivity contribution is -0.950. The van der Waals surface area contributed by atoms with E-state index in [1.165, 1.54) is 24.6 Å². The molecule has 4 rings (SSSR count). The van der Waals surface area contributed by atoms with Gasteiger partial charge in [-0.3, -0.25) is 23.7 Å². The van der Waals surface area contributed by atoms with Crippen LogP contribution in [0.3, 0.4) is 0 Å². The SMILES string of the molecule is CCC(=O)Oc1ccccc1CC(=O)OC(Cl)C(C)C.CCCCCCOc1nsnc1C1=CCC[N+](C)(C(OC(=O)Cc2ccccc2OC(=O)CC)C(C)C)C1.[I-]. The molecule has 326 valence electrons. The van der Waals surface area contributed by atoms with Gasteiger partial charge >= 0.3 is 23.9 Å². The first-order chi connectivity index (χ1) is 27.7. The van der Waals surface area contributed by atoms with Crippen LogP contribution >= 0.6 is 23.3 Å². The number of carbonyl (C=O) groups excluding carboxylic acids is 4. The van der Waals surface area contributed by atoms with Crippen molar-refractivity contribution in [2.45, 2.75) is 118 Å². The van der Waals surface area contributed by atoms with Gasteiger partial charge in [0.05, 0.1) is 44.8 Å². The maximum absolute atomic E-state index is 13.1. The number of aromatic nitrogens is 2. The van der Waals surface area contributed by atoms with Gasteiger partial charge in [-0.15, -0.1) is 4.37 Å². The minimum atomic E-state index is -0.659. The normalized spacial score (nSPS) is 15.7. The minimum absolute atomic E-state index is 0. The van der Waals surface area contributed by atoms with Gasteiger partial charge in [0.2, 0.25) is 6.23 Å². The fraction of sp³-hybridized carbons (Fsp3) is 0.545. The molecular formula is C44H61ClIN3O9S. The van der Waals surface area contributed by atoms with Crippen LogP contribution in [0.5, 0.6) is 17.4 Å². The molecule has 3 unspecified atom stereocenters. The number of hydrogen-bond acceptors (Lipinski definition) is 12. The quantitative estimate of drug-likeness (QED) is 0.0323. The molecule has 59 heavy (non-hydrogen) atoms. The van der Waals surface area contributed by atoms with Crippen molar-refractivity contribution < 1.29 is 71.3 Å². The monoisotopic (exact) mass is 969 g/mol. The van der Waals surface area contributed by atoms with Gasteiger partial charge in [0.1, 0.15) is 23.7 Å². The van der Waals surface area contributed by atoms with E-state index in [0.717, 1.165) is 37.1 Å². The minimum Gasteiger partial charge on any atom is -1.00 e. The molecule has 15 heteroatoms. The van der Waals surface area contributed by atoms with E-state index in [1.54, 1.807) is 56.3 Å². The highest BCUT2D eigenvalue weighted by atomic mass is 127. The van der Waals surface area contributed by atoms with Crippen LogP contribution < -0.4 is 38.2 Å². The van der Waals surface area contributed by atoms with Gasteiger partial charge in [-0.2, -0.15) is 4.37 Å². The lowest BCUT2D eigenvalue weighted by Gasteiger charge is -2.44. The molecule has 3 aromatic rings. The topological polar surface area (TPSA) is 140 Å². The summed E-state index contributed by atoms with van der Waals surface area (Å²) in [4.78, 5) is 48.1. The number of carbonyl (C=O) groups is 4. The summed E-state index contributed by atoms with van der Waals surface area (Å²) in [6, 6.07) is 14.0. The van der Waals surface area contributed by atoms with Crippen LogP contribution in [-0.4, -0.2) is 75.6 Å². The smallest absolute Gasteiger partial charge is 0.314 e. The number of esters is 4. The average Bonchev–Trinajstić information content (AvgIpc) is 3.67. The van der Waals surface area contributed by atoms with Crippen molar-refractivity contribution in [3.05, 3.63) is 71.4 Å². The summed E-state index contributed by atoms with van der Waals surface area (Å²) in [5.74, 6) is 0.0479. The van der Waals surface area contributed by atoms with Crippen LogP contribution in [0.4, 0.5) is 0 Å². The Hall–Kier alpha value is -3.60. The first kappa shape index (κ1) is 51.5. The number of quaternary nitrogens is 1. The Bertz CT molecular complexity index is 1820. The first-order valence-corrected chi connectivity index (χ1v) is 21.5. The third-order valence-corrected chi connectivity index (χ3v) is 10.5. The highest BCUT2D eigenvalue weighted by molar-refractivity contribution is 6.99. The molecule has 0 spiro atoms. The third-order valence-electron chi connectivity index (χ3n) is 9.41. The average molecular weight is 970 g/mol. The van der Waals surface area contributed by atoms with E-state index in [1.807, 2.05) is 19.9 Å². The van der Waals surface area contributed by atoms with Crippen LogP contribution in [0.2, 0.25) is 0 Å². The molecule has 3 atom stereocenters. The largest absolute Gasteiger partial charge is 1.00 e. The Kier molecular flexibility index (Phi) is 23.2. The molecule has 0 aliphatic carbocycles. The Balaban J connectivity index is 0.000000484. The molecular weight excluding hydrogens is 909 g/mol. The number of benzene rings is 2. The van der Waals surface area contributed by atoms with Crippen LogP contribution in [-0.2, 0) is 41.5 Å². The van der Waals surface area contributed by atoms with E-state index >= 15 is 0 Å². The number of ether oxygens (including phenoxy) is 5. The van der Waals surface area contributed by atoms with E-state index in [0.29, 0.717) is 46.1 Å². The molecule has 1 aromatic heterocycles. The molecule has 1 aliphatic heterocycles. The molecule has 2 aromatic carbocycles. The molecule has 0 N–H and O–H groups in total. The number of nitrogens with zero attached hydrogens (tertiary/aromatic N) is 3. The van der Waals surface area contributed by atoms with Crippen molar-refractivity contribution in [3.8, 4) is 17.4 Å². The summed E-state index contributed by atoms with van der Waals surface area (Å²) in [6.07, 6.45) is 7.84. The summed E-state index contributed by atoms with van der Waals surface area (Å²) >= 11 is 7.06. The van der Waals surface area contributed by atoms with Crippen LogP contribution in [0.15, 0.2) is 54.6 Å². The lowest BCUT2D eigenvalue weighted by atomic mass is 10.0. The molecule has 0 radical (unpaired) electrons. The molecule has 0 saturated carbocycles. The van der Waals surface area contributed by atoms with Gasteiger partial charge < -0.3 is 47.7 Å². The van der Waals surface area contributed by atoms with Gasteiger partial charge in [0, 0.05) is 47.8 Å². The summed E-state index contributed by atoms with van der Waals surface area (Å²) in [6.45, 7) is 15.7. The fourth-order valence-corrected chi connectivity index (χ4v) is 6.92. The second kappa shape index (κ2) is 26.6. The third kappa shape index (κ3) is 17.1. The Morgan fingerprint density at radius 3 is 1.85 bits per heavy atom. The number of unbranched alkanes of at least 4 members (excludes halogenated alkanes) is 3.